The molecule has 0 aromatic carbocycles. The van der Waals surface area contributed by atoms with Gasteiger partial charge in [-0.1, -0.05) is 15.9 Å². The molecule has 1 aromatic rings. The van der Waals surface area contributed by atoms with Crippen LogP contribution in [0.25, 0.3) is 0 Å². The van der Waals surface area contributed by atoms with E-state index in [1.165, 1.54) is 0 Å². The molecule has 0 aliphatic carbocycles. The van der Waals surface area contributed by atoms with Crippen molar-refractivity contribution in [2.45, 2.75) is 5.33 Å². The maximum absolute atomic E-state index is 11.0. The Labute approximate surface area is 78.6 Å². The lowest BCUT2D eigenvalue weighted by molar-refractivity contribution is 0.0903. The first-order valence-electron chi connectivity index (χ1n) is 3.43. The highest BCUT2D eigenvalue weighted by atomic mass is 79.9. The fraction of sp³-hybridized carbons (Fsp3) is 0.250. The van der Waals surface area contributed by atoms with E-state index in [2.05, 4.69) is 20.9 Å². The molecule has 0 spiro atoms. The summed E-state index contributed by atoms with van der Waals surface area (Å²) >= 11 is 3.23. The van der Waals surface area contributed by atoms with Crippen molar-refractivity contribution in [2.24, 2.45) is 0 Å². The number of aliphatic hydroxyl groups is 1. The van der Waals surface area contributed by atoms with Gasteiger partial charge in [0.2, 0.25) is 0 Å². The quantitative estimate of drug-likeness (QED) is 0.625. The van der Waals surface area contributed by atoms with Crippen LogP contribution < -0.4 is 0 Å². The monoisotopic (exact) mass is 229 g/mol. The SMILES string of the molecule is O=C(CO)c1ccnc(CBr)c1. The largest absolute Gasteiger partial charge is 0.388 e. The minimum absolute atomic E-state index is 0.278. The van der Waals surface area contributed by atoms with Crippen LogP contribution in [0.15, 0.2) is 18.3 Å². The highest BCUT2D eigenvalue weighted by Crippen LogP contribution is 2.05. The van der Waals surface area contributed by atoms with Gasteiger partial charge >= 0.3 is 0 Å². The van der Waals surface area contributed by atoms with Crippen molar-refractivity contribution in [1.82, 2.24) is 4.98 Å². The van der Waals surface area contributed by atoms with Gasteiger partial charge in [-0.15, -0.1) is 0 Å². The second kappa shape index (κ2) is 4.33. The molecule has 4 heteroatoms. The second-order valence-electron chi connectivity index (χ2n) is 2.25. The summed E-state index contributed by atoms with van der Waals surface area (Å²) in [6.07, 6.45) is 1.56. The summed E-state index contributed by atoms with van der Waals surface area (Å²) < 4.78 is 0. The number of ketones is 1. The molecule has 0 unspecified atom stereocenters. The number of alkyl halides is 1. The number of nitrogens with zero attached hydrogens (tertiary/aromatic N) is 1. The van der Waals surface area contributed by atoms with E-state index in [1.54, 1.807) is 18.3 Å². The van der Waals surface area contributed by atoms with Gasteiger partial charge in [-0.3, -0.25) is 9.78 Å². The zero-order chi connectivity index (χ0) is 8.97. The minimum Gasteiger partial charge on any atom is -0.388 e. The summed E-state index contributed by atoms with van der Waals surface area (Å²) in [6, 6.07) is 3.25. The molecular formula is C8H8BrNO2. The number of pyridine rings is 1. The van der Waals surface area contributed by atoms with Crippen LogP contribution in [0.4, 0.5) is 0 Å². The molecule has 1 N–H and O–H groups in total. The van der Waals surface area contributed by atoms with E-state index >= 15 is 0 Å². The van der Waals surface area contributed by atoms with E-state index in [4.69, 9.17) is 5.11 Å². The van der Waals surface area contributed by atoms with Gasteiger partial charge in [0.25, 0.3) is 0 Å². The Balaban J connectivity index is 2.93. The van der Waals surface area contributed by atoms with Gasteiger partial charge in [0.05, 0.1) is 5.69 Å². The van der Waals surface area contributed by atoms with Crippen molar-refractivity contribution in [2.75, 3.05) is 6.61 Å². The topological polar surface area (TPSA) is 50.2 Å². The first kappa shape index (κ1) is 9.35. The van der Waals surface area contributed by atoms with Gasteiger partial charge in [-0.05, 0) is 12.1 Å². The second-order valence-corrected chi connectivity index (χ2v) is 2.81. The van der Waals surface area contributed by atoms with E-state index in [0.29, 0.717) is 10.9 Å². The normalized spacial score (nSPS) is 9.83. The van der Waals surface area contributed by atoms with Crippen LogP contribution in [0.3, 0.4) is 0 Å². The molecule has 0 aliphatic heterocycles. The van der Waals surface area contributed by atoms with Gasteiger partial charge in [0.15, 0.2) is 5.78 Å². The Hall–Kier alpha value is -0.740. The van der Waals surface area contributed by atoms with Crippen molar-refractivity contribution in [3.8, 4) is 0 Å². The first-order chi connectivity index (χ1) is 5.77. The fourth-order valence-electron chi connectivity index (χ4n) is 0.816. The number of hydrogen-bond donors (Lipinski definition) is 1. The van der Waals surface area contributed by atoms with Crippen molar-refractivity contribution in [3.05, 3.63) is 29.6 Å². The molecule has 0 aliphatic rings. The van der Waals surface area contributed by atoms with Crippen molar-refractivity contribution < 1.29 is 9.90 Å². The average Bonchev–Trinajstić information content (AvgIpc) is 2.17. The van der Waals surface area contributed by atoms with Crippen LogP contribution in [0.1, 0.15) is 16.1 Å². The third-order valence-electron chi connectivity index (χ3n) is 1.42. The smallest absolute Gasteiger partial charge is 0.188 e. The Morgan fingerprint density at radius 3 is 3.00 bits per heavy atom. The van der Waals surface area contributed by atoms with Crippen LogP contribution in [0.5, 0.6) is 0 Å². The van der Waals surface area contributed by atoms with E-state index < -0.39 is 6.61 Å². The zero-order valence-corrected chi connectivity index (χ0v) is 7.91. The predicted octanol–water partition coefficient (Wildman–Crippen LogP) is 1.15. The molecule has 0 radical (unpaired) electrons. The van der Waals surface area contributed by atoms with Crippen LogP contribution in [-0.2, 0) is 5.33 Å². The summed E-state index contributed by atoms with van der Waals surface area (Å²) in [4.78, 5) is 15.0. The van der Waals surface area contributed by atoms with E-state index in [-0.39, 0.29) is 5.78 Å². The van der Waals surface area contributed by atoms with Crippen LogP contribution in [-0.4, -0.2) is 22.5 Å². The molecule has 0 saturated heterocycles. The molecule has 3 nitrogen and oxygen atoms in total. The van der Waals surface area contributed by atoms with Crippen LogP contribution >= 0.6 is 15.9 Å². The molecular weight excluding hydrogens is 222 g/mol. The third kappa shape index (κ3) is 2.12. The highest BCUT2D eigenvalue weighted by Gasteiger charge is 2.03. The fourth-order valence-corrected chi connectivity index (χ4v) is 1.12. The summed E-state index contributed by atoms with van der Waals surface area (Å²) in [5, 5.41) is 9.18. The van der Waals surface area contributed by atoms with Crippen molar-refractivity contribution in [1.29, 1.82) is 0 Å². The van der Waals surface area contributed by atoms with Crippen LogP contribution in [0, 0.1) is 0 Å². The molecule has 0 fully saturated rings. The molecule has 1 heterocycles. The number of carbonyl (C=O) groups is 1. The van der Waals surface area contributed by atoms with Gasteiger partial charge in [-0.2, -0.15) is 0 Å². The lowest BCUT2D eigenvalue weighted by atomic mass is 10.1. The van der Waals surface area contributed by atoms with E-state index in [9.17, 15) is 4.79 Å². The molecule has 64 valence electrons. The summed E-state index contributed by atoms with van der Waals surface area (Å²) in [6.45, 7) is -0.453. The van der Waals surface area contributed by atoms with Gasteiger partial charge < -0.3 is 5.11 Å². The number of aromatic nitrogens is 1. The van der Waals surface area contributed by atoms with Crippen LogP contribution in [0.2, 0.25) is 0 Å². The maximum atomic E-state index is 11.0. The number of aliphatic hydroxyl groups excluding tert-OH is 1. The average molecular weight is 230 g/mol. The molecule has 1 rings (SSSR count). The first-order valence-corrected chi connectivity index (χ1v) is 4.55. The Morgan fingerprint density at radius 1 is 1.67 bits per heavy atom. The molecule has 0 bridgehead atoms. The molecule has 1 aromatic heterocycles. The molecule has 0 atom stereocenters. The summed E-state index contributed by atoms with van der Waals surface area (Å²) in [7, 11) is 0. The number of hydrogen-bond acceptors (Lipinski definition) is 3. The summed E-state index contributed by atoms with van der Waals surface area (Å²) in [5.41, 5.74) is 1.29. The lowest BCUT2D eigenvalue weighted by Gasteiger charge is -1.98. The molecule has 0 saturated carbocycles. The number of carbonyl (C=O) groups excluding carboxylic acids is 1. The van der Waals surface area contributed by atoms with E-state index in [0.717, 1.165) is 5.69 Å². The highest BCUT2D eigenvalue weighted by molar-refractivity contribution is 9.08. The number of Topliss-reactive ketones (excluding diaryl/α,β-unsaturated/α-hetero) is 1. The standard InChI is InChI=1S/C8H8BrNO2/c9-4-7-3-6(1-2-10-7)8(12)5-11/h1-3,11H,4-5H2. The maximum Gasteiger partial charge on any atom is 0.188 e. The Bertz CT molecular complexity index is 288. The van der Waals surface area contributed by atoms with Crippen molar-refractivity contribution in [3.63, 3.8) is 0 Å². The van der Waals surface area contributed by atoms with Gasteiger partial charge in [0.1, 0.15) is 6.61 Å². The third-order valence-corrected chi connectivity index (χ3v) is 1.99. The predicted molar refractivity (Wildman–Crippen MR) is 48.3 cm³/mol. The van der Waals surface area contributed by atoms with Crippen molar-refractivity contribution >= 4 is 21.7 Å². The number of halogens is 1. The Morgan fingerprint density at radius 2 is 2.42 bits per heavy atom. The molecule has 0 amide bonds. The van der Waals surface area contributed by atoms with Gasteiger partial charge in [0, 0.05) is 17.1 Å². The van der Waals surface area contributed by atoms with E-state index in [1.807, 2.05) is 0 Å². The number of rotatable bonds is 3. The minimum atomic E-state index is -0.453. The van der Waals surface area contributed by atoms with Gasteiger partial charge in [-0.25, -0.2) is 0 Å². The lowest BCUT2D eigenvalue weighted by Crippen LogP contribution is -2.04. The molecule has 12 heavy (non-hydrogen) atoms. The summed E-state index contributed by atoms with van der Waals surface area (Å²) in [5.74, 6) is -0.278. The zero-order valence-electron chi connectivity index (χ0n) is 6.33. The Kier molecular flexibility index (Phi) is 3.37.